The molecule has 19 heavy (non-hydrogen) atoms. The number of hydrogen-bond donors (Lipinski definition) is 2. The second-order valence-electron chi connectivity index (χ2n) is 5.18. The van der Waals surface area contributed by atoms with Gasteiger partial charge in [0.15, 0.2) is 0 Å². The van der Waals surface area contributed by atoms with E-state index in [0.717, 1.165) is 23.4 Å². The topological polar surface area (TPSA) is 70.9 Å². The highest BCUT2D eigenvalue weighted by Gasteiger charge is 2.11. The number of nitrogens with two attached hydrogens (primary N) is 1. The number of fused-ring (bicyclic) bond motifs is 1. The number of rotatable bonds is 5. The number of amidine groups is 1. The lowest BCUT2D eigenvalue weighted by atomic mass is 10.2. The van der Waals surface area contributed by atoms with Crippen LogP contribution in [0, 0.1) is 12.3 Å². The minimum absolute atomic E-state index is 0.213. The molecule has 102 valence electrons. The van der Waals surface area contributed by atoms with Crippen molar-refractivity contribution in [1.82, 2.24) is 14.5 Å². The Hall–Kier alpha value is -1.88. The van der Waals surface area contributed by atoms with Gasteiger partial charge in [-0.05, 0) is 38.7 Å². The van der Waals surface area contributed by atoms with Crippen LogP contribution in [-0.4, -0.2) is 34.4 Å². The fourth-order valence-corrected chi connectivity index (χ4v) is 2.18. The molecular weight excluding hydrogens is 238 g/mol. The van der Waals surface area contributed by atoms with Gasteiger partial charge in [-0.25, -0.2) is 4.98 Å². The first-order chi connectivity index (χ1) is 8.97. The maximum absolute atomic E-state index is 7.38. The number of aromatic nitrogens is 2. The van der Waals surface area contributed by atoms with Gasteiger partial charge in [-0.1, -0.05) is 6.07 Å². The molecule has 1 heterocycles. The van der Waals surface area contributed by atoms with Gasteiger partial charge in [0.2, 0.25) is 0 Å². The molecule has 0 saturated heterocycles. The predicted molar refractivity (Wildman–Crippen MR) is 78.4 cm³/mol. The number of benzene rings is 1. The van der Waals surface area contributed by atoms with E-state index < -0.39 is 0 Å². The molecule has 1 aromatic carbocycles. The minimum atomic E-state index is 0.213. The van der Waals surface area contributed by atoms with Crippen LogP contribution >= 0.6 is 0 Å². The normalized spacial score (nSPS) is 11.4. The van der Waals surface area contributed by atoms with Crippen molar-refractivity contribution < 1.29 is 0 Å². The highest BCUT2D eigenvalue weighted by atomic mass is 15.2. The summed E-state index contributed by atoms with van der Waals surface area (Å²) in [5, 5.41) is 7.38. The Morgan fingerprint density at radius 1 is 1.42 bits per heavy atom. The Morgan fingerprint density at radius 2 is 2.16 bits per heavy atom. The second kappa shape index (κ2) is 5.40. The molecule has 2 rings (SSSR count). The van der Waals surface area contributed by atoms with Gasteiger partial charge in [-0.3, -0.25) is 5.41 Å². The highest BCUT2D eigenvalue weighted by molar-refractivity contribution is 5.78. The molecule has 3 N–H and O–H groups in total. The molecule has 0 amide bonds. The Kier molecular flexibility index (Phi) is 3.85. The molecule has 0 saturated carbocycles. The standard InChI is InChI=1S/C14H21N5/c1-10-4-5-12-11(8-10)17-14(9-18(2)3)19(12)7-6-13(15)16/h4-5,8H,6-7,9H2,1-3H3,(H3,15,16). The van der Waals surface area contributed by atoms with Crippen LogP contribution in [0.1, 0.15) is 17.8 Å². The van der Waals surface area contributed by atoms with E-state index in [2.05, 4.69) is 34.6 Å². The molecule has 0 radical (unpaired) electrons. The van der Waals surface area contributed by atoms with E-state index in [0.29, 0.717) is 13.0 Å². The molecule has 0 aliphatic rings. The first kappa shape index (κ1) is 13.5. The van der Waals surface area contributed by atoms with Crippen molar-refractivity contribution in [3.8, 4) is 0 Å². The van der Waals surface area contributed by atoms with Gasteiger partial charge in [0.05, 0.1) is 23.4 Å². The van der Waals surface area contributed by atoms with Crippen LogP contribution in [0.4, 0.5) is 0 Å². The zero-order chi connectivity index (χ0) is 14.0. The van der Waals surface area contributed by atoms with Gasteiger partial charge in [0.25, 0.3) is 0 Å². The lowest BCUT2D eigenvalue weighted by Gasteiger charge is -2.12. The summed E-state index contributed by atoms with van der Waals surface area (Å²) in [5.74, 6) is 1.23. The van der Waals surface area contributed by atoms with Crippen molar-refractivity contribution in [1.29, 1.82) is 5.41 Å². The Labute approximate surface area is 113 Å². The smallest absolute Gasteiger partial charge is 0.124 e. The molecule has 0 fully saturated rings. The molecule has 0 unspecified atom stereocenters. The highest BCUT2D eigenvalue weighted by Crippen LogP contribution is 2.19. The second-order valence-corrected chi connectivity index (χ2v) is 5.18. The lowest BCUT2D eigenvalue weighted by Crippen LogP contribution is -2.18. The molecule has 1 aromatic heterocycles. The lowest BCUT2D eigenvalue weighted by molar-refractivity contribution is 0.382. The summed E-state index contributed by atoms with van der Waals surface area (Å²) in [6, 6.07) is 6.28. The Morgan fingerprint density at radius 3 is 2.79 bits per heavy atom. The zero-order valence-electron chi connectivity index (χ0n) is 11.8. The fraction of sp³-hybridized carbons (Fsp3) is 0.429. The molecule has 5 nitrogen and oxygen atoms in total. The minimum Gasteiger partial charge on any atom is -0.388 e. The number of aryl methyl sites for hydroxylation is 2. The quantitative estimate of drug-likeness (QED) is 0.634. The van der Waals surface area contributed by atoms with E-state index in [4.69, 9.17) is 16.1 Å². The molecule has 5 heteroatoms. The summed E-state index contributed by atoms with van der Waals surface area (Å²) in [5.41, 5.74) is 8.80. The molecule has 0 aliphatic carbocycles. The molecule has 0 aliphatic heterocycles. The van der Waals surface area contributed by atoms with Crippen LogP contribution in [0.25, 0.3) is 11.0 Å². The van der Waals surface area contributed by atoms with Crippen molar-refractivity contribution in [2.24, 2.45) is 5.73 Å². The number of hydrogen-bond acceptors (Lipinski definition) is 3. The van der Waals surface area contributed by atoms with Crippen LogP contribution in [-0.2, 0) is 13.1 Å². The Balaban J connectivity index is 2.45. The monoisotopic (exact) mass is 259 g/mol. The van der Waals surface area contributed by atoms with Crippen molar-refractivity contribution in [3.05, 3.63) is 29.6 Å². The summed E-state index contributed by atoms with van der Waals surface area (Å²) in [6.45, 7) is 3.56. The van der Waals surface area contributed by atoms with E-state index in [-0.39, 0.29) is 5.84 Å². The largest absolute Gasteiger partial charge is 0.388 e. The van der Waals surface area contributed by atoms with Crippen molar-refractivity contribution in [3.63, 3.8) is 0 Å². The zero-order valence-corrected chi connectivity index (χ0v) is 11.8. The third-order valence-electron chi connectivity index (χ3n) is 3.05. The van der Waals surface area contributed by atoms with Crippen LogP contribution in [0.5, 0.6) is 0 Å². The maximum Gasteiger partial charge on any atom is 0.124 e. The number of nitrogens with one attached hydrogen (secondary N) is 1. The summed E-state index contributed by atoms with van der Waals surface area (Å²) >= 11 is 0. The first-order valence-corrected chi connectivity index (χ1v) is 6.41. The van der Waals surface area contributed by atoms with E-state index >= 15 is 0 Å². The van der Waals surface area contributed by atoms with E-state index in [9.17, 15) is 0 Å². The average molecular weight is 259 g/mol. The summed E-state index contributed by atoms with van der Waals surface area (Å²) in [4.78, 5) is 6.80. The molecule has 0 bridgehead atoms. The van der Waals surface area contributed by atoms with E-state index in [1.165, 1.54) is 5.56 Å². The maximum atomic E-state index is 7.38. The van der Waals surface area contributed by atoms with Crippen molar-refractivity contribution >= 4 is 16.9 Å². The number of nitrogens with zero attached hydrogens (tertiary/aromatic N) is 3. The third kappa shape index (κ3) is 3.12. The van der Waals surface area contributed by atoms with Gasteiger partial charge in [0, 0.05) is 13.0 Å². The molecule has 0 atom stereocenters. The fourth-order valence-electron chi connectivity index (χ4n) is 2.18. The van der Waals surface area contributed by atoms with Crippen molar-refractivity contribution in [2.75, 3.05) is 14.1 Å². The molecule has 2 aromatic rings. The van der Waals surface area contributed by atoms with E-state index in [1.54, 1.807) is 0 Å². The average Bonchev–Trinajstić information content (AvgIpc) is 2.61. The molecular formula is C14H21N5. The van der Waals surface area contributed by atoms with Crippen LogP contribution < -0.4 is 5.73 Å². The third-order valence-corrected chi connectivity index (χ3v) is 3.05. The summed E-state index contributed by atoms with van der Waals surface area (Å²) < 4.78 is 2.16. The summed E-state index contributed by atoms with van der Waals surface area (Å²) in [7, 11) is 4.06. The first-order valence-electron chi connectivity index (χ1n) is 6.41. The van der Waals surface area contributed by atoms with E-state index in [1.807, 2.05) is 14.1 Å². The number of imidazole rings is 1. The van der Waals surface area contributed by atoms with Gasteiger partial charge in [-0.2, -0.15) is 0 Å². The predicted octanol–water partition coefficient (Wildman–Crippen LogP) is 1.73. The summed E-state index contributed by atoms with van der Waals surface area (Å²) in [6.07, 6.45) is 0.555. The molecule has 0 spiro atoms. The van der Waals surface area contributed by atoms with Crippen LogP contribution in [0.15, 0.2) is 18.2 Å². The SMILES string of the molecule is Cc1ccc2c(c1)nc(CN(C)C)n2CCC(=N)N. The van der Waals surface area contributed by atoms with Crippen LogP contribution in [0.3, 0.4) is 0 Å². The van der Waals surface area contributed by atoms with Gasteiger partial charge >= 0.3 is 0 Å². The Bertz CT molecular complexity index is 597. The van der Waals surface area contributed by atoms with Gasteiger partial charge < -0.3 is 15.2 Å². The van der Waals surface area contributed by atoms with Crippen LogP contribution in [0.2, 0.25) is 0 Å². The van der Waals surface area contributed by atoms with Crippen molar-refractivity contribution in [2.45, 2.75) is 26.4 Å². The van der Waals surface area contributed by atoms with Gasteiger partial charge in [0.1, 0.15) is 5.82 Å². The van der Waals surface area contributed by atoms with Gasteiger partial charge in [-0.15, -0.1) is 0 Å².